The summed E-state index contributed by atoms with van der Waals surface area (Å²) in [5, 5.41) is 0.972. The summed E-state index contributed by atoms with van der Waals surface area (Å²) in [6.45, 7) is 1.50. The van der Waals surface area contributed by atoms with Gasteiger partial charge in [-0.3, -0.25) is 4.79 Å². The molecule has 2 aromatic carbocycles. The molecule has 4 aromatic rings. The molecule has 0 N–H and O–H groups in total. The summed E-state index contributed by atoms with van der Waals surface area (Å²) in [4.78, 5) is 44.6. The first-order chi connectivity index (χ1) is 19.0. The zero-order valence-electron chi connectivity index (χ0n) is 20.9. The molecule has 0 fully saturated rings. The Hall–Kier alpha value is -4.86. The van der Waals surface area contributed by atoms with Crippen molar-refractivity contribution in [1.29, 1.82) is 0 Å². The number of pyridine rings is 2. The second kappa shape index (κ2) is 8.59. The lowest BCUT2D eigenvalue weighted by atomic mass is 9.85. The number of fused-ring (bicyclic) bond motifs is 6. The van der Waals surface area contributed by atoms with Crippen molar-refractivity contribution in [3.63, 3.8) is 0 Å². The number of rotatable bonds is 5. The molecule has 5 heterocycles. The number of hydrogen-bond donors (Lipinski definition) is 0. The highest BCUT2D eigenvalue weighted by atomic mass is 16.7. The van der Waals surface area contributed by atoms with E-state index in [2.05, 4.69) is 0 Å². The minimum absolute atomic E-state index is 0.0650. The van der Waals surface area contributed by atoms with Crippen LogP contribution in [0.25, 0.3) is 22.3 Å². The van der Waals surface area contributed by atoms with Crippen LogP contribution in [0.3, 0.4) is 0 Å². The molecule has 0 unspecified atom stereocenters. The van der Waals surface area contributed by atoms with Gasteiger partial charge in [-0.1, -0.05) is 25.1 Å². The van der Waals surface area contributed by atoms with Crippen LogP contribution in [0, 0.1) is 0 Å². The predicted octanol–water partition coefficient (Wildman–Crippen LogP) is 3.44. The number of esters is 2. The molecule has 0 radical (unpaired) electrons. The highest BCUT2D eigenvalue weighted by Gasteiger charge is 2.50. The summed E-state index contributed by atoms with van der Waals surface area (Å²) in [5.41, 5.74) is 1.42. The topological polar surface area (TPSA) is 115 Å². The summed E-state index contributed by atoms with van der Waals surface area (Å²) in [5.74, 6) is -0.0577. The average Bonchev–Trinajstić information content (AvgIpc) is 3.56. The molecule has 196 valence electrons. The van der Waals surface area contributed by atoms with Crippen molar-refractivity contribution in [2.75, 3.05) is 13.4 Å². The summed E-state index contributed by atoms with van der Waals surface area (Å²) >= 11 is 0. The number of nitrogens with zero attached hydrogens (tertiary/aromatic N) is 2. The largest absolute Gasteiger partial charge is 0.482 e. The SMILES string of the molecule is CC[C@@]1(OC(=O)COc2ccc3c(c2)OCO3)C(=O)OCc2c1cc1n(c2=O)Cc2cc3ccccc3nc2-1. The predicted molar refractivity (Wildman–Crippen MR) is 136 cm³/mol. The van der Waals surface area contributed by atoms with Crippen molar-refractivity contribution < 1.29 is 33.3 Å². The lowest BCUT2D eigenvalue weighted by molar-refractivity contribution is -0.190. The van der Waals surface area contributed by atoms with Crippen LogP contribution in [-0.2, 0) is 37.8 Å². The van der Waals surface area contributed by atoms with E-state index in [1.165, 1.54) is 0 Å². The maximum Gasteiger partial charge on any atom is 0.355 e. The standard InChI is InChI=1S/C29H22N2O8/c1-2-29(39-25(32)14-35-18-7-8-23-24(10-18)38-15-37-23)20-11-22-26-17(9-16-5-3-4-6-21(16)30-26)12-31(22)27(33)19(20)13-36-28(29)34/h3-11H,2,12-15H2,1H3/t29-/m0/s1. The Morgan fingerprint density at radius 2 is 1.90 bits per heavy atom. The van der Waals surface area contributed by atoms with Crippen LogP contribution in [0.15, 0.2) is 59.4 Å². The van der Waals surface area contributed by atoms with Crippen molar-refractivity contribution in [2.45, 2.75) is 32.1 Å². The maximum absolute atomic E-state index is 13.6. The van der Waals surface area contributed by atoms with Crippen LogP contribution in [0.5, 0.6) is 17.2 Å². The molecule has 0 bridgehead atoms. The Balaban J connectivity index is 1.24. The highest BCUT2D eigenvalue weighted by Crippen LogP contribution is 2.41. The van der Waals surface area contributed by atoms with Gasteiger partial charge in [0.25, 0.3) is 5.56 Å². The first-order valence-electron chi connectivity index (χ1n) is 12.5. The first-order valence-corrected chi connectivity index (χ1v) is 12.5. The van der Waals surface area contributed by atoms with Gasteiger partial charge in [0.05, 0.1) is 29.0 Å². The molecule has 3 aliphatic heterocycles. The van der Waals surface area contributed by atoms with Crippen LogP contribution < -0.4 is 19.8 Å². The fraction of sp³-hybridized carbons (Fsp3) is 0.241. The molecule has 39 heavy (non-hydrogen) atoms. The fourth-order valence-corrected chi connectivity index (χ4v) is 5.42. The fourth-order valence-electron chi connectivity index (χ4n) is 5.42. The van der Waals surface area contributed by atoms with Crippen molar-refractivity contribution in [3.05, 3.63) is 81.6 Å². The van der Waals surface area contributed by atoms with Gasteiger partial charge >= 0.3 is 11.9 Å². The number of hydrogen-bond acceptors (Lipinski definition) is 9. The van der Waals surface area contributed by atoms with Gasteiger partial charge in [-0.25, -0.2) is 14.6 Å². The third-order valence-electron chi connectivity index (χ3n) is 7.37. The van der Waals surface area contributed by atoms with E-state index < -0.39 is 24.1 Å². The molecule has 0 saturated heterocycles. The number of para-hydroxylation sites is 1. The molecule has 0 spiro atoms. The molecular formula is C29H22N2O8. The number of benzene rings is 2. The lowest BCUT2D eigenvalue weighted by Gasteiger charge is -2.35. The van der Waals surface area contributed by atoms with Crippen LogP contribution in [0.1, 0.15) is 30.0 Å². The van der Waals surface area contributed by atoms with Gasteiger partial charge in [0.15, 0.2) is 18.1 Å². The van der Waals surface area contributed by atoms with Crippen molar-refractivity contribution in [2.24, 2.45) is 0 Å². The van der Waals surface area contributed by atoms with Gasteiger partial charge in [-0.2, -0.15) is 0 Å². The molecular weight excluding hydrogens is 504 g/mol. The van der Waals surface area contributed by atoms with Gasteiger partial charge in [0.2, 0.25) is 12.4 Å². The van der Waals surface area contributed by atoms with Gasteiger partial charge < -0.3 is 28.3 Å². The normalized spacial score (nSPS) is 18.2. The lowest BCUT2D eigenvalue weighted by Crippen LogP contribution is -2.48. The van der Waals surface area contributed by atoms with E-state index >= 15 is 0 Å². The molecule has 10 heteroatoms. The van der Waals surface area contributed by atoms with E-state index in [0.717, 1.165) is 16.5 Å². The van der Waals surface area contributed by atoms with Gasteiger partial charge in [-0.15, -0.1) is 0 Å². The smallest absolute Gasteiger partial charge is 0.355 e. The van der Waals surface area contributed by atoms with Crippen LogP contribution in [-0.4, -0.2) is 34.9 Å². The molecule has 0 saturated carbocycles. The first kappa shape index (κ1) is 23.3. The Labute approximate surface area is 221 Å². The van der Waals surface area contributed by atoms with Crippen molar-refractivity contribution in [3.8, 4) is 28.6 Å². The van der Waals surface area contributed by atoms with Crippen LogP contribution in [0.2, 0.25) is 0 Å². The zero-order valence-corrected chi connectivity index (χ0v) is 20.9. The third-order valence-corrected chi connectivity index (χ3v) is 7.37. The highest BCUT2D eigenvalue weighted by molar-refractivity contribution is 5.88. The van der Waals surface area contributed by atoms with Gasteiger partial charge in [0.1, 0.15) is 12.4 Å². The Bertz CT molecular complexity index is 1760. The average molecular weight is 527 g/mol. The van der Waals surface area contributed by atoms with Crippen molar-refractivity contribution >= 4 is 22.8 Å². The summed E-state index contributed by atoms with van der Waals surface area (Å²) in [6, 6.07) is 16.4. The van der Waals surface area contributed by atoms with Gasteiger partial charge in [-0.05, 0) is 36.8 Å². The third kappa shape index (κ3) is 3.55. The van der Waals surface area contributed by atoms with Crippen molar-refractivity contribution in [1.82, 2.24) is 9.55 Å². The monoisotopic (exact) mass is 526 g/mol. The maximum atomic E-state index is 13.6. The molecule has 3 aliphatic rings. The molecule has 0 amide bonds. The summed E-state index contributed by atoms with van der Waals surface area (Å²) in [7, 11) is 0. The summed E-state index contributed by atoms with van der Waals surface area (Å²) in [6.07, 6.45) is 0.0650. The summed E-state index contributed by atoms with van der Waals surface area (Å²) < 4.78 is 29.0. The second-order valence-corrected chi connectivity index (χ2v) is 9.54. The molecule has 7 rings (SSSR count). The number of cyclic esters (lactones) is 1. The number of carbonyl (C=O) groups excluding carboxylic acids is 2. The van der Waals surface area contributed by atoms with Crippen LogP contribution >= 0.6 is 0 Å². The minimum Gasteiger partial charge on any atom is -0.482 e. The number of ether oxygens (including phenoxy) is 5. The van der Waals surface area contributed by atoms with Crippen LogP contribution in [0.4, 0.5) is 0 Å². The number of carbonyl (C=O) groups is 2. The quantitative estimate of drug-likeness (QED) is 0.318. The number of aromatic nitrogens is 2. The Morgan fingerprint density at radius 3 is 2.77 bits per heavy atom. The molecule has 0 aliphatic carbocycles. The molecule has 2 aromatic heterocycles. The Kier molecular flexibility index (Phi) is 5.12. The van der Waals surface area contributed by atoms with E-state index in [0.29, 0.717) is 40.7 Å². The zero-order chi connectivity index (χ0) is 26.7. The molecule has 10 nitrogen and oxygen atoms in total. The van der Waals surface area contributed by atoms with Gasteiger partial charge in [0, 0.05) is 22.6 Å². The Morgan fingerprint density at radius 1 is 1.05 bits per heavy atom. The van der Waals surface area contributed by atoms with E-state index in [-0.39, 0.29) is 30.9 Å². The van der Waals surface area contributed by atoms with E-state index in [9.17, 15) is 14.4 Å². The van der Waals surface area contributed by atoms with E-state index in [1.807, 2.05) is 30.3 Å². The molecule has 1 atom stereocenters. The van der Waals surface area contributed by atoms with E-state index in [1.54, 1.807) is 35.8 Å². The minimum atomic E-state index is -1.79. The second-order valence-electron chi connectivity index (χ2n) is 9.54. The van der Waals surface area contributed by atoms with E-state index in [4.69, 9.17) is 28.7 Å².